The number of carbonyl (C=O) groups is 2. The number of aliphatic carboxylic acids is 1. The highest BCUT2D eigenvalue weighted by atomic mass is 35.5. The molecular weight excluding hydrogens is 316 g/mol. The van der Waals surface area contributed by atoms with Crippen molar-refractivity contribution in [3.63, 3.8) is 0 Å². The summed E-state index contributed by atoms with van der Waals surface area (Å²) in [7, 11) is 1.59. The molecule has 0 saturated carbocycles. The zero-order valence-electron chi connectivity index (χ0n) is 11.5. The molecule has 1 aliphatic rings. The lowest BCUT2D eigenvalue weighted by Gasteiger charge is -2.26. The molecule has 8 heteroatoms. The second kappa shape index (κ2) is 7.11. The number of nitrogens with zero attached hydrogens (tertiary/aromatic N) is 1. The number of likely N-dealkylation sites (N-methyl/N-ethyl adjacent to an activating group) is 1. The fourth-order valence-corrected chi connectivity index (χ4v) is 3.30. The van der Waals surface area contributed by atoms with Crippen LogP contribution in [-0.4, -0.2) is 54.9 Å². The van der Waals surface area contributed by atoms with Crippen LogP contribution >= 0.6 is 22.9 Å². The number of carboxylic acids is 1. The molecule has 2 amide bonds. The summed E-state index contributed by atoms with van der Waals surface area (Å²) in [5.41, 5.74) is 0. The summed E-state index contributed by atoms with van der Waals surface area (Å²) in [6.07, 6.45) is 0.695. The van der Waals surface area contributed by atoms with Crippen molar-refractivity contribution in [3.05, 3.63) is 21.3 Å². The van der Waals surface area contributed by atoms with Gasteiger partial charge in [-0.25, -0.2) is 4.79 Å². The van der Waals surface area contributed by atoms with Crippen molar-refractivity contribution >= 4 is 34.9 Å². The first kappa shape index (κ1) is 16.1. The number of amides is 2. The van der Waals surface area contributed by atoms with Crippen LogP contribution in [0.25, 0.3) is 0 Å². The first-order valence-electron chi connectivity index (χ1n) is 6.54. The largest absolute Gasteiger partial charge is 0.481 e. The number of ether oxygens (including phenoxy) is 1. The molecule has 1 fully saturated rings. The minimum absolute atomic E-state index is 0.144. The molecule has 1 aliphatic heterocycles. The van der Waals surface area contributed by atoms with E-state index in [9.17, 15) is 9.59 Å². The second-order valence-electron chi connectivity index (χ2n) is 4.85. The van der Waals surface area contributed by atoms with Crippen molar-refractivity contribution in [1.29, 1.82) is 0 Å². The third-order valence-corrected chi connectivity index (χ3v) is 4.75. The highest BCUT2D eigenvalue weighted by molar-refractivity contribution is 7.16. The van der Waals surface area contributed by atoms with Crippen LogP contribution in [0.3, 0.4) is 0 Å². The van der Waals surface area contributed by atoms with Crippen molar-refractivity contribution in [2.24, 2.45) is 5.92 Å². The highest BCUT2D eigenvalue weighted by Crippen LogP contribution is 2.21. The molecule has 2 unspecified atom stereocenters. The van der Waals surface area contributed by atoms with E-state index in [4.69, 9.17) is 21.4 Å². The molecule has 0 aliphatic carbocycles. The summed E-state index contributed by atoms with van der Waals surface area (Å²) < 4.78 is 5.89. The van der Waals surface area contributed by atoms with Gasteiger partial charge in [0.05, 0.1) is 23.6 Å². The van der Waals surface area contributed by atoms with Crippen molar-refractivity contribution in [2.45, 2.75) is 12.5 Å². The maximum atomic E-state index is 12.0. The zero-order valence-corrected chi connectivity index (χ0v) is 13.1. The van der Waals surface area contributed by atoms with Crippen molar-refractivity contribution < 1.29 is 19.4 Å². The van der Waals surface area contributed by atoms with Gasteiger partial charge in [0.1, 0.15) is 5.92 Å². The van der Waals surface area contributed by atoms with Gasteiger partial charge >= 0.3 is 12.0 Å². The Balaban J connectivity index is 1.81. The topological polar surface area (TPSA) is 78.9 Å². The van der Waals surface area contributed by atoms with Crippen LogP contribution in [0, 0.1) is 5.92 Å². The summed E-state index contributed by atoms with van der Waals surface area (Å²) in [6, 6.07) is 3.02. The van der Waals surface area contributed by atoms with Crippen LogP contribution in [0.5, 0.6) is 0 Å². The molecule has 0 radical (unpaired) electrons. The van der Waals surface area contributed by atoms with Gasteiger partial charge in [-0.05, 0) is 18.6 Å². The smallest absolute Gasteiger partial charge is 0.317 e. The lowest BCUT2D eigenvalue weighted by Crippen LogP contribution is -2.48. The van der Waals surface area contributed by atoms with Crippen molar-refractivity contribution in [1.82, 2.24) is 10.2 Å². The molecule has 0 bridgehead atoms. The van der Waals surface area contributed by atoms with Gasteiger partial charge in [-0.1, -0.05) is 11.6 Å². The van der Waals surface area contributed by atoms with E-state index in [0.717, 1.165) is 9.21 Å². The van der Waals surface area contributed by atoms with E-state index in [1.165, 1.54) is 16.2 Å². The molecule has 1 aromatic heterocycles. The summed E-state index contributed by atoms with van der Waals surface area (Å²) in [4.78, 5) is 25.6. The summed E-state index contributed by atoms with van der Waals surface area (Å²) >= 11 is 7.32. The number of rotatable bonds is 5. The Labute approximate surface area is 131 Å². The summed E-state index contributed by atoms with van der Waals surface area (Å²) in [5.74, 6) is -1.61. The van der Waals surface area contributed by atoms with Crippen molar-refractivity contribution in [3.8, 4) is 0 Å². The molecule has 0 aromatic carbocycles. The standard InChI is InChI=1S/C13H17ClN2O4S/c1-16(10-7-20-6-9(10)12(17)18)13(19)15-5-4-8-2-3-11(14)21-8/h2-3,9-10H,4-7H2,1H3,(H,15,19)(H,17,18). The first-order valence-corrected chi connectivity index (χ1v) is 7.74. The number of nitrogens with one attached hydrogen (secondary N) is 1. The molecule has 2 rings (SSSR count). The number of hydrogen-bond donors (Lipinski definition) is 2. The number of carbonyl (C=O) groups excluding carboxylic acids is 1. The minimum Gasteiger partial charge on any atom is -0.481 e. The van der Waals surface area contributed by atoms with E-state index < -0.39 is 17.9 Å². The third-order valence-electron chi connectivity index (χ3n) is 3.46. The number of carboxylic acid groups (broad SMARTS) is 1. The van der Waals surface area contributed by atoms with Gasteiger partial charge in [0.2, 0.25) is 0 Å². The molecule has 2 heterocycles. The maximum absolute atomic E-state index is 12.0. The highest BCUT2D eigenvalue weighted by Gasteiger charge is 2.38. The number of thiophene rings is 1. The number of hydrogen-bond acceptors (Lipinski definition) is 4. The molecule has 6 nitrogen and oxygen atoms in total. The average molecular weight is 333 g/mol. The van der Waals surface area contributed by atoms with Crippen LogP contribution < -0.4 is 5.32 Å². The predicted octanol–water partition coefficient (Wildman–Crippen LogP) is 1.68. The molecule has 1 aromatic rings. The van der Waals surface area contributed by atoms with E-state index in [-0.39, 0.29) is 19.2 Å². The van der Waals surface area contributed by atoms with Gasteiger partial charge in [0.15, 0.2) is 0 Å². The van der Waals surface area contributed by atoms with Gasteiger partial charge in [-0.2, -0.15) is 0 Å². The SMILES string of the molecule is CN(C(=O)NCCc1ccc(Cl)s1)C1COCC1C(=O)O. The van der Waals surface area contributed by atoms with Gasteiger partial charge in [-0.15, -0.1) is 11.3 Å². The van der Waals surface area contributed by atoms with E-state index in [2.05, 4.69) is 5.32 Å². The van der Waals surface area contributed by atoms with Crippen LogP contribution in [-0.2, 0) is 16.0 Å². The van der Waals surface area contributed by atoms with Crippen molar-refractivity contribution in [2.75, 3.05) is 26.8 Å². The molecule has 21 heavy (non-hydrogen) atoms. The Bertz CT molecular complexity index is 522. The second-order valence-corrected chi connectivity index (χ2v) is 6.65. The van der Waals surface area contributed by atoms with Crippen LogP contribution in [0.1, 0.15) is 4.88 Å². The quantitative estimate of drug-likeness (QED) is 0.860. The lowest BCUT2D eigenvalue weighted by atomic mass is 10.0. The number of urea groups is 1. The Kier molecular flexibility index (Phi) is 5.44. The minimum atomic E-state index is -0.939. The van der Waals surface area contributed by atoms with E-state index in [1.807, 2.05) is 12.1 Å². The van der Waals surface area contributed by atoms with E-state index in [0.29, 0.717) is 13.0 Å². The first-order chi connectivity index (χ1) is 9.99. The monoisotopic (exact) mass is 332 g/mol. The summed E-state index contributed by atoms with van der Waals surface area (Å²) in [6.45, 7) is 0.873. The normalized spacial score (nSPS) is 21.2. The molecule has 0 spiro atoms. The molecule has 116 valence electrons. The Morgan fingerprint density at radius 1 is 1.52 bits per heavy atom. The fraction of sp³-hybridized carbons (Fsp3) is 0.538. The van der Waals surface area contributed by atoms with Crippen LogP contribution in [0.2, 0.25) is 4.34 Å². The fourth-order valence-electron chi connectivity index (χ4n) is 2.21. The average Bonchev–Trinajstić information content (AvgIpc) is 3.06. The zero-order chi connectivity index (χ0) is 15.4. The Morgan fingerprint density at radius 2 is 2.29 bits per heavy atom. The number of halogens is 1. The molecular formula is C13H17ClN2O4S. The third kappa shape index (κ3) is 4.09. The van der Waals surface area contributed by atoms with Crippen LogP contribution in [0.4, 0.5) is 4.79 Å². The Morgan fingerprint density at radius 3 is 2.90 bits per heavy atom. The predicted molar refractivity (Wildman–Crippen MR) is 79.9 cm³/mol. The van der Waals surface area contributed by atoms with Gasteiger partial charge in [0.25, 0.3) is 0 Å². The van der Waals surface area contributed by atoms with E-state index >= 15 is 0 Å². The van der Waals surface area contributed by atoms with Gasteiger partial charge < -0.3 is 20.1 Å². The molecule has 2 atom stereocenters. The van der Waals surface area contributed by atoms with E-state index in [1.54, 1.807) is 7.05 Å². The maximum Gasteiger partial charge on any atom is 0.317 e. The van der Waals surface area contributed by atoms with Gasteiger partial charge in [-0.3, -0.25) is 4.79 Å². The van der Waals surface area contributed by atoms with Gasteiger partial charge in [0, 0.05) is 18.5 Å². The van der Waals surface area contributed by atoms with Crippen LogP contribution in [0.15, 0.2) is 12.1 Å². The molecule has 1 saturated heterocycles. The lowest BCUT2D eigenvalue weighted by molar-refractivity contribution is -0.142. The molecule has 2 N–H and O–H groups in total. The summed E-state index contributed by atoms with van der Waals surface area (Å²) in [5, 5.41) is 11.9. The Hall–Kier alpha value is -1.31.